The molecule has 0 amide bonds. The Morgan fingerprint density at radius 2 is 2.08 bits per heavy atom. The molecule has 0 bridgehead atoms. The molecule has 72 valence electrons. The maximum atomic E-state index is 5.43. The number of rotatable bonds is 4. The van der Waals surface area contributed by atoms with Gasteiger partial charge in [-0.2, -0.15) is 4.98 Å². The molecule has 1 rings (SSSR count). The lowest BCUT2D eigenvalue weighted by Gasteiger charge is -2.05. The minimum absolute atomic E-state index is 0.700. The van der Waals surface area contributed by atoms with Crippen LogP contribution in [-0.2, 0) is 6.42 Å². The smallest absolute Gasteiger partial charge is 0.216 e. The Kier molecular flexibility index (Phi) is 3.68. The Labute approximate surface area is 79.2 Å². The molecule has 1 aromatic heterocycles. The van der Waals surface area contributed by atoms with Crippen molar-refractivity contribution < 1.29 is 4.74 Å². The second-order valence-corrected chi connectivity index (χ2v) is 2.97. The van der Waals surface area contributed by atoms with Crippen molar-refractivity contribution in [3.8, 4) is 5.88 Å². The molecule has 3 nitrogen and oxygen atoms in total. The lowest BCUT2D eigenvalue weighted by Crippen LogP contribution is -2.02. The van der Waals surface area contributed by atoms with Crippen molar-refractivity contribution in [2.45, 2.75) is 33.6 Å². The SMILES string of the molecule is CCCOc1cc(C)nc(CC)n1. The van der Waals surface area contributed by atoms with Gasteiger partial charge in [-0.15, -0.1) is 0 Å². The number of hydrogen-bond acceptors (Lipinski definition) is 3. The topological polar surface area (TPSA) is 35.0 Å². The van der Waals surface area contributed by atoms with Crippen molar-refractivity contribution in [1.82, 2.24) is 9.97 Å². The van der Waals surface area contributed by atoms with Crippen molar-refractivity contribution >= 4 is 0 Å². The van der Waals surface area contributed by atoms with Gasteiger partial charge in [-0.05, 0) is 13.3 Å². The van der Waals surface area contributed by atoms with Crippen LogP contribution in [0.15, 0.2) is 6.07 Å². The van der Waals surface area contributed by atoms with Gasteiger partial charge in [0, 0.05) is 18.2 Å². The van der Waals surface area contributed by atoms with Gasteiger partial charge in [0.05, 0.1) is 6.61 Å². The van der Waals surface area contributed by atoms with Gasteiger partial charge in [-0.3, -0.25) is 0 Å². The van der Waals surface area contributed by atoms with Crippen molar-refractivity contribution in [3.63, 3.8) is 0 Å². The summed E-state index contributed by atoms with van der Waals surface area (Å²) in [4.78, 5) is 8.53. The molecule has 1 aromatic rings. The second-order valence-electron chi connectivity index (χ2n) is 2.97. The quantitative estimate of drug-likeness (QED) is 0.712. The summed E-state index contributed by atoms with van der Waals surface area (Å²) in [6.45, 7) is 6.80. The first-order valence-corrected chi connectivity index (χ1v) is 4.73. The molecule has 0 aliphatic rings. The third kappa shape index (κ3) is 3.01. The van der Waals surface area contributed by atoms with Crippen molar-refractivity contribution in [3.05, 3.63) is 17.6 Å². The van der Waals surface area contributed by atoms with Gasteiger partial charge in [-0.25, -0.2) is 4.98 Å². The molecule has 0 radical (unpaired) electrons. The van der Waals surface area contributed by atoms with Crippen LogP contribution in [0.1, 0.15) is 31.8 Å². The summed E-state index contributed by atoms with van der Waals surface area (Å²) in [7, 11) is 0. The van der Waals surface area contributed by atoms with Crippen LogP contribution < -0.4 is 4.74 Å². The van der Waals surface area contributed by atoms with E-state index in [0.717, 1.165) is 31.0 Å². The van der Waals surface area contributed by atoms with Gasteiger partial charge in [0.15, 0.2) is 0 Å². The molecule has 0 atom stereocenters. The Balaban J connectivity index is 2.76. The van der Waals surface area contributed by atoms with E-state index < -0.39 is 0 Å². The highest BCUT2D eigenvalue weighted by Gasteiger charge is 2.00. The Bertz CT molecular complexity index is 274. The van der Waals surface area contributed by atoms with Gasteiger partial charge < -0.3 is 4.74 Å². The molecule has 0 saturated heterocycles. The van der Waals surface area contributed by atoms with Crippen LogP contribution in [0.3, 0.4) is 0 Å². The molecule has 0 aromatic carbocycles. The average molecular weight is 180 g/mol. The standard InChI is InChI=1S/C10H16N2O/c1-4-6-13-10-7-8(3)11-9(5-2)12-10/h7H,4-6H2,1-3H3. The molecule has 0 N–H and O–H groups in total. The summed E-state index contributed by atoms with van der Waals surface area (Å²) in [5.41, 5.74) is 0.970. The Morgan fingerprint density at radius 3 is 2.69 bits per heavy atom. The zero-order chi connectivity index (χ0) is 9.68. The van der Waals surface area contributed by atoms with E-state index in [1.165, 1.54) is 0 Å². The molecule has 0 saturated carbocycles. The largest absolute Gasteiger partial charge is 0.478 e. The number of aromatic nitrogens is 2. The molecule has 0 unspecified atom stereocenters. The Hall–Kier alpha value is -1.12. The Morgan fingerprint density at radius 1 is 1.31 bits per heavy atom. The zero-order valence-electron chi connectivity index (χ0n) is 8.50. The molecule has 0 aliphatic heterocycles. The summed E-state index contributed by atoms with van der Waals surface area (Å²) in [6, 6.07) is 1.87. The highest BCUT2D eigenvalue weighted by Crippen LogP contribution is 2.09. The van der Waals surface area contributed by atoms with Gasteiger partial charge >= 0.3 is 0 Å². The van der Waals surface area contributed by atoms with Crippen LogP contribution in [0, 0.1) is 6.92 Å². The number of hydrogen-bond donors (Lipinski definition) is 0. The fourth-order valence-electron chi connectivity index (χ4n) is 1.04. The van der Waals surface area contributed by atoms with E-state index in [1.54, 1.807) is 0 Å². The van der Waals surface area contributed by atoms with E-state index in [2.05, 4.69) is 16.9 Å². The van der Waals surface area contributed by atoms with E-state index >= 15 is 0 Å². The zero-order valence-corrected chi connectivity index (χ0v) is 8.50. The molecule has 0 spiro atoms. The molecule has 13 heavy (non-hydrogen) atoms. The van der Waals surface area contributed by atoms with Crippen molar-refractivity contribution in [1.29, 1.82) is 0 Å². The first-order chi connectivity index (χ1) is 6.26. The van der Waals surface area contributed by atoms with Crippen LogP contribution in [0.25, 0.3) is 0 Å². The van der Waals surface area contributed by atoms with Crippen LogP contribution in [0.5, 0.6) is 5.88 Å². The van der Waals surface area contributed by atoms with E-state index in [0.29, 0.717) is 5.88 Å². The molecule has 0 aliphatic carbocycles. The van der Waals surface area contributed by atoms with Gasteiger partial charge in [0.1, 0.15) is 5.82 Å². The third-order valence-electron chi connectivity index (χ3n) is 1.65. The summed E-state index contributed by atoms with van der Waals surface area (Å²) in [5.74, 6) is 1.55. The number of aryl methyl sites for hydroxylation is 2. The predicted octanol–water partition coefficient (Wildman–Crippen LogP) is 2.14. The van der Waals surface area contributed by atoms with Gasteiger partial charge in [-0.1, -0.05) is 13.8 Å². The molecular formula is C10H16N2O. The van der Waals surface area contributed by atoms with E-state index in [9.17, 15) is 0 Å². The van der Waals surface area contributed by atoms with Crippen LogP contribution in [0.4, 0.5) is 0 Å². The highest BCUT2D eigenvalue weighted by molar-refractivity contribution is 5.15. The van der Waals surface area contributed by atoms with Crippen LogP contribution >= 0.6 is 0 Å². The molecule has 3 heteroatoms. The minimum atomic E-state index is 0.700. The lowest BCUT2D eigenvalue weighted by molar-refractivity contribution is 0.303. The molecular weight excluding hydrogens is 164 g/mol. The summed E-state index contributed by atoms with van der Waals surface area (Å²) in [6.07, 6.45) is 1.86. The van der Waals surface area contributed by atoms with E-state index in [4.69, 9.17) is 4.74 Å². The summed E-state index contributed by atoms with van der Waals surface area (Å²) >= 11 is 0. The maximum Gasteiger partial charge on any atom is 0.216 e. The van der Waals surface area contributed by atoms with Crippen LogP contribution in [-0.4, -0.2) is 16.6 Å². The average Bonchev–Trinajstić information content (AvgIpc) is 2.14. The van der Waals surface area contributed by atoms with Gasteiger partial charge in [0.25, 0.3) is 0 Å². The predicted molar refractivity (Wildman–Crippen MR) is 51.9 cm³/mol. The first-order valence-electron chi connectivity index (χ1n) is 4.73. The van der Waals surface area contributed by atoms with E-state index in [1.807, 2.05) is 19.9 Å². The lowest BCUT2D eigenvalue weighted by atomic mass is 10.4. The summed E-state index contributed by atoms with van der Waals surface area (Å²) in [5, 5.41) is 0. The number of ether oxygens (including phenoxy) is 1. The second kappa shape index (κ2) is 4.80. The first kappa shape index (κ1) is 9.96. The van der Waals surface area contributed by atoms with Crippen molar-refractivity contribution in [2.75, 3.05) is 6.61 Å². The highest BCUT2D eigenvalue weighted by atomic mass is 16.5. The fraction of sp³-hybridized carbons (Fsp3) is 0.600. The van der Waals surface area contributed by atoms with Crippen LogP contribution in [0.2, 0.25) is 0 Å². The minimum Gasteiger partial charge on any atom is -0.478 e. The van der Waals surface area contributed by atoms with Gasteiger partial charge in [0.2, 0.25) is 5.88 Å². The number of nitrogens with zero attached hydrogens (tertiary/aromatic N) is 2. The van der Waals surface area contributed by atoms with Crippen molar-refractivity contribution in [2.24, 2.45) is 0 Å². The van der Waals surface area contributed by atoms with E-state index in [-0.39, 0.29) is 0 Å². The summed E-state index contributed by atoms with van der Waals surface area (Å²) < 4.78 is 5.43. The fourth-order valence-corrected chi connectivity index (χ4v) is 1.04. The normalized spacial score (nSPS) is 10.1. The monoisotopic (exact) mass is 180 g/mol. The maximum absolute atomic E-state index is 5.43. The third-order valence-corrected chi connectivity index (χ3v) is 1.65. The molecule has 0 fully saturated rings. The molecule has 1 heterocycles.